The largest absolute Gasteiger partial charge is 0.464 e. The maximum absolute atomic E-state index is 11.6. The van der Waals surface area contributed by atoms with Gasteiger partial charge in [-0.05, 0) is 26.7 Å². The Morgan fingerprint density at radius 2 is 1.90 bits per heavy atom. The zero-order chi connectivity index (χ0) is 15.1. The number of nitrogens with zero attached hydrogens (tertiary/aromatic N) is 3. The van der Waals surface area contributed by atoms with Crippen LogP contribution >= 0.6 is 0 Å². The third kappa shape index (κ3) is 5.41. The van der Waals surface area contributed by atoms with Crippen LogP contribution in [0.1, 0.15) is 33.1 Å². The molecule has 1 fully saturated rings. The lowest BCUT2D eigenvalue weighted by atomic mass is 10.4. The molecule has 3 N–H and O–H groups in total. The van der Waals surface area contributed by atoms with E-state index in [4.69, 9.17) is 4.74 Å². The van der Waals surface area contributed by atoms with Crippen molar-refractivity contribution in [2.45, 2.75) is 39.2 Å². The van der Waals surface area contributed by atoms with Gasteiger partial charge in [0.05, 0.1) is 6.61 Å². The second-order valence-corrected chi connectivity index (χ2v) is 4.75. The smallest absolute Gasteiger partial charge is 0.323 e. The Bertz CT molecular complexity index is 453. The van der Waals surface area contributed by atoms with Crippen molar-refractivity contribution in [3.05, 3.63) is 0 Å². The lowest BCUT2D eigenvalue weighted by Gasteiger charge is -2.09. The molecule has 8 nitrogen and oxygen atoms in total. The topological polar surface area (TPSA) is 101 Å². The first-order valence-corrected chi connectivity index (χ1v) is 7.37. The van der Waals surface area contributed by atoms with E-state index >= 15 is 0 Å². The third-order valence-corrected chi connectivity index (χ3v) is 2.80. The normalized spacial score (nSPS) is 13.6. The Labute approximate surface area is 124 Å². The predicted octanol–water partition coefficient (Wildman–Crippen LogP) is 0.783. The molecule has 0 saturated heterocycles. The summed E-state index contributed by atoms with van der Waals surface area (Å²) < 4.78 is 5.30. The number of carbonyl (C=O) groups excluding carboxylic acids is 1. The van der Waals surface area contributed by atoms with Crippen molar-refractivity contribution in [1.82, 2.24) is 20.3 Å². The first-order valence-electron chi connectivity index (χ1n) is 7.37. The molecule has 0 aromatic carbocycles. The lowest BCUT2D eigenvalue weighted by Crippen LogP contribution is -2.27. The summed E-state index contributed by atoms with van der Waals surface area (Å²) in [5, 5.41) is 8.98. The molecule has 1 aliphatic rings. The number of amides is 1. The Morgan fingerprint density at radius 3 is 2.52 bits per heavy atom. The quantitative estimate of drug-likeness (QED) is 0.618. The molecule has 0 bridgehead atoms. The fourth-order valence-corrected chi connectivity index (χ4v) is 1.68. The van der Waals surface area contributed by atoms with Gasteiger partial charge in [-0.1, -0.05) is 0 Å². The van der Waals surface area contributed by atoms with Crippen LogP contribution in [0.25, 0.3) is 0 Å². The molecule has 2 rings (SSSR count). The van der Waals surface area contributed by atoms with Gasteiger partial charge in [0, 0.05) is 25.6 Å². The van der Waals surface area contributed by atoms with Gasteiger partial charge < -0.3 is 20.7 Å². The van der Waals surface area contributed by atoms with Crippen LogP contribution in [0.5, 0.6) is 6.01 Å². The highest BCUT2D eigenvalue weighted by atomic mass is 16.5. The minimum Gasteiger partial charge on any atom is -0.464 e. The average Bonchev–Trinajstić information content (AvgIpc) is 3.23. The molecule has 21 heavy (non-hydrogen) atoms. The molecular weight excluding hydrogens is 272 g/mol. The van der Waals surface area contributed by atoms with Crippen molar-refractivity contribution in [2.24, 2.45) is 0 Å². The highest BCUT2D eigenvalue weighted by Crippen LogP contribution is 2.18. The van der Waals surface area contributed by atoms with Crippen molar-refractivity contribution in [3.63, 3.8) is 0 Å². The lowest BCUT2D eigenvalue weighted by molar-refractivity contribution is -0.120. The van der Waals surface area contributed by atoms with Crippen LogP contribution in [0, 0.1) is 0 Å². The Hall–Kier alpha value is -2.12. The Balaban J connectivity index is 1.86. The summed E-state index contributed by atoms with van der Waals surface area (Å²) in [5.74, 6) is 0.917. The van der Waals surface area contributed by atoms with Crippen molar-refractivity contribution >= 4 is 17.8 Å². The third-order valence-electron chi connectivity index (χ3n) is 2.80. The van der Waals surface area contributed by atoms with Crippen LogP contribution in [0.4, 0.5) is 11.9 Å². The highest BCUT2D eigenvalue weighted by Gasteiger charge is 2.22. The first-order chi connectivity index (χ1) is 10.2. The summed E-state index contributed by atoms with van der Waals surface area (Å²) in [6.45, 7) is 5.49. The van der Waals surface area contributed by atoms with E-state index in [0.29, 0.717) is 44.1 Å². The van der Waals surface area contributed by atoms with Gasteiger partial charge >= 0.3 is 6.01 Å². The van der Waals surface area contributed by atoms with Crippen LogP contribution in [0.2, 0.25) is 0 Å². The molecule has 1 heterocycles. The standard InChI is InChI=1S/C13H22N6O2/c1-3-14-11-17-12(19-13(18-11)21-4-2)15-8-7-10(20)16-9-5-6-9/h9H,3-8H2,1-2H3,(H,16,20)(H2,14,15,17,18,19). The fraction of sp³-hybridized carbons (Fsp3) is 0.692. The van der Waals surface area contributed by atoms with Crippen LogP contribution in [-0.4, -0.2) is 46.6 Å². The number of nitrogens with one attached hydrogen (secondary N) is 3. The van der Waals surface area contributed by atoms with E-state index in [0.717, 1.165) is 12.8 Å². The Kier molecular flexibility index (Phi) is 5.53. The number of hydrogen-bond donors (Lipinski definition) is 3. The molecule has 1 amide bonds. The van der Waals surface area contributed by atoms with E-state index in [-0.39, 0.29) is 11.9 Å². The average molecular weight is 294 g/mol. The van der Waals surface area contributed by atoms with E-state index in [9.17, 15) is 4.79 Å². The van der Waals surface area contributed by atoms with Crippen molar-refractivity contribution in [3.8, 4) is 6.01 Å². The number of ether oxygens (including phenoxy) is 1. The molecule has 1 aromatic heterocycles. The molecule has 1 saturated carbocycles. The van der Waals surface area contributed by atoms with E-state index in [2.05, 4.69) is 30.9 Å². The van der Waals surface area contributed by atoms with Gasteiger partial charge in [-0.15, -0.1) is 0 Å². The van der Waals surface area contributed by atoms with Gasteiger partial charge in [-0.3, -0.25) is 4.79 Å². The summed E-state index contributed by atoms with van der Waals surface area (Å²) >= 11 is 0. The zero-order valence-electron chi connectivity index (χ0n) is 12.5. The van der Waals surface area contributed by atoms with Crippen molar-refractivity contribution < 1.29 is 9.53 Å². The molecule has 0 atom stereocenters. The number of aromatic nitrogens is 3. The molecule has 116 valence electrons. The number of anilines is 2. The molecule has 1 aromatic rings. The van der Waals surface area contributed by atoms with Gasteiger partial charge in [0.1, 0.15) is 0 Å². The van der Waals surface area contributed by atoms with Gasteiger partial charge in [0.15, 0.2) is 0 Å². The molecule has 0 spiro atoms. The predicted molar refractivity (Wildman–Crippen MR) is 79.4 cm³/mol. The number of rotatable bonds is 9. The zero-order valence-corrected chi connectivity index (χ0v) is 12.5. The highest BCUT2D eigenvalue weighted by molar-refractivity contribution is 5.77. The summed E-state index contributed by atoms with van der Waals surface area (Å²) in [6.07, 6.45) is 2.58. The number of carbonyl (C=O) groups is 1. The second-order valence-electron chi connectivity index (χ2n) is 4.75. The summed E-state index contributed by atoms with van der Waals surface area (Å²) in [4.78, 5) is 24.1. The maximum Gasteiger partial charge on any atom is 0.323 e. The minimum absolute atomic E-state index is 0.0518. The van der Waals surface area contributed by atoms with E-state index in [1.165, 1.54) is 0 Å². The van der Waals surface area contributed by atoms with Gasteiger partial charge in [-0.2, -0.15) is 15.0 Å². The fourth-order valence-electron chi connectivity index (χ4n) is 1.68. The van der Waals surface area contributed by atoms with Crippen molar-refractivity contribution in [1.29, 1.82) is 0 Å². The summed E-state index contributed by atoms with van der Waals surface area (Å²) in [7, 11) is 0. The van der Waals surface area contributed by atoms with Crippen LogP contribution in [-0.2, 0) is 4.79 Å². The van der Waals surface area contributed by atoms with Crippen molar-refractivity contribution in [2.75, 3.05) is 30.3 Å². The number of hydrogen-bond acceptors (Lipinski definition) is 7. The molecule has 0 radical (unpaired) electrons. The maximum atomic E-state index is 11.6. The molecule has 0 unspecified atom stereocenters. The minimum atomic E-state index is 0.0518. The summed E-state index contributed by atoms with van der Waals surface area (Å²) in [5.41, 5.74) is 0. The van der Waals surface area contributed by atoms with E-state index in [1.807, 2.05) is 13.8 Å². The van der Waals surface area contributed by atoms with Crippen LogP contribution in [0.3, 0.4) is 0 Å². The van der Waals surface area contributed by atoms with E-state index < -0.39 is 0 Å². The SMILES string of the molecule is CCNc1nc(NCCC(=O)NC2CC2)nc(OCC)n1. The Morgan fingerprint density at radius 1 is 1.19 bits per heavy atom. The molecule has 1 aliphatic carbocycles. The molecule has 0 aliphatic heterocycles. The van der Waals surface area contributed by atoms with Gasteiger partial charge in [0.2, 0.25) is 17.8 Å². The first kappa shape index (κ1) is 15.3. The second kappa shape index (κ2) is 7.61. The van der Waals surface area contributed by atoms with Gasteiger partial charge in [-0.25, -0.2) is 0 Å². The monoisotopic (exact) mass is 294 g/mol. The molecular formula is C13H22N6O2. The summed E-state index contributed by atoms with van der Waals surface area (Å²) in [6, 6.07) is 0.660. The van der Waals surface area contributed by atoms with Crippen LogP contribution < -0.4 is 20.7 Å². The molecule has 8 heteroatoms. The van der Waals surface area contributed by atoms with Crippen LogP contribution in [0.15, 0.2) is 0 Å². The van der Waals surface area contributed by atoms with E-state index in [1.54, 1.807) is 0 Å². The van der Waals surface area contributed by atoms with Gasteiger partial charge in [0.25, 0.3) is 0 Å².